The Kier molecular flexibility index (Phi) is 4.37. The smallest absolute Gasteiger partial charge is 0.0950 e. The number of rotatable bonds is 3. The van der Waals surface area contributed by atoms with E-state index in [2.05, 4.69) is 67.7 Å². The molecular formula is C19H23NO. The third-order valence-corrected chi connectivity index (χ3v) is 4.19. The summed E-state index contributed by atoms with van der Waals surface area (Å²) in [7, 11) is 0. The van der Waals surface area contributed by atoms with Crippen LogP contribution in [-0.4, -0.2) is 13.2 Å². The first kappa shape index (κ1) is 14.3. The monoisotopic (exact) mass is 281 g/mol. The van der Waals surface area contributed by atoms with Crippen LogP contribution in [0.4, 0.5) is 0 Å². The Morgan fingerprint density at radius 3 is 2.24 bits per heavy atom. The summed E-state index contributed by atoms with van der Waals surface area (Å²) in [6.07, 6.45) is 0.158. The standard InChI is InChI=1S/C19H23NO/c1-14(2)15-8-10-17(11-9-15)19-12-20-18(13-21-19)16-6-4-3-5-7-16/h3-11,14,18-20H,12-13H2,1-2H3. The van der Waals surface area contributed by atoms with Gasteiger partial charge in [-0.2, -0.15) is 0 Å². The van der Waals surface area contributed by atoms with Crippen LogP contribution in [0.1, 0.15) is 48.6 Å². The molecule has 1 N–H and O–H groups in total. The maximum atomic E-state index is 6.07. The summed E-state index contributed by atoms with van der Waals surface area (Å²) >= 11 is 0. The van der Waals surface area contributed by atoms with Crippen LogP contribution < -0.4 is 5.32 Å². The SMILES string of the molecule is CC(C)c1ccc(C2CNC(c3ccccc3)CO2)cc1. The molecule has 1 aliphatic heterocycles. The lowest BCUT2D eigenvalue weighted by Crippen LogP contribution is -2.36. The van der Waals surface area contributed by atoms with Gasteiger partial charge >= 0.3 is 0 Å². The van der Waals surface area contributed by atoms with E-state index in [1.165, 1.54) is 16.7 Å². The average Bonchev–Trinajstić information content (AvgIpc) is 2.56. The third kappa shape index (κ3) is 3.34. The van der Waals surface area contributed by atoms with Crippen molar-refractivity contribution < 1.29 is 4.74 Å². The van der Waals surface area contributed by atoms with Gasteiger partial charge < -0.3 is 10.1 Å². The first-order valence-corrected chi connectivity index (χ1v) is 7.74. The molecule has 0 spiro atoms. The second-order valence-electron chi connectivity index (χ2n) is 6.01. The Morgan fingerprint density at radius 1 is 0.952 bits per heavy atom. The molecule has 0 radical (unpaired) electrons. The van der Waals surface area contributed by atoms with E-state index in [0.29, 0.717) is 12.0 Å². The van der Waals surface area contributed by atoms with Crippen LogP contribution >= 0.6 is 0 Å². The van der Waals surface area contributed by atoms with Gasteiger partial charge in [0.25, 0.3) is 0 Å². The van der Waals surface area contributed by atoms with Crippen LogP contribution in [0.3, 0.4) is 0 Å². The molecule has 0 bridgehead atoms. The zero-order valence-corrected chi connectivity index (χ0v) is 12.8. The van der Waals surface area contributed by atoms with E-state index >= 15 is 0 Å². The maximum absolute atomic E-state index is 6.07. The lowest BCUT2D eigenvalue weighted by molar-refractivity contribution is 0.00237. The molecule has 110 valence electrons. The second kappa shape index (κ2) is 6.42. The van der Waals surface area contributed by atoms with Gasteiger partial charge in [0.15, 0.2) is 0 Å². The fourth-order valence-corrected chi connectivity index (χ4v) is 2.79. The van der Waals surface area contributed by atoms with Gasteiger partial charge in [0.2, 0.25) is 0 Å². The highest BCUT2D eigenvalue weighted by molar-refractivity contribution is 5.27. The summed E-state index contributed by atoms with van der Waals surface area (Å²) in [4.78, 5) is 0. The summed E-state index contributed by atoms with van der Waals surface area (Å²) in [5.74, 6) is 0.576. The fraction of sp³-hybridized carbons (Fsp3) is 0.368. The average molecular weight is 281 g/mol. The molecule has 1 aliphatic rings. The predicted octanol–water partition coefficient (Wildman–Crippen LogP) is 4.21. The van der Waals surface area contributed by atoms with E-state index in [0.717, 1.165) is 13.2 Å². The second-order valence-corrected chi connectivity index (χ2v) is 6.01. The van der Waals surface area contributed by atoms with E-state index in [9.17, 15) is 0 Å². The van der Waals surface area contributed by atoms with Crippen LogP contribution in [0.15, 0.2) is 54.6 Å². The molecule has 0 amide bonds. The van der Waals surface area contributed by atoms with Crippen molar-refractivity contribution in [2.75, 3.05) is 13.2 Å². The van der Waals surface area contributed by atoms with Gasteiger partial charge in [-0.05, 0) is 22.6 Å². The molecule has 0 aliphatic carbocycles. The van der Waals surface area contributed by atoms with E-state index < -0.39 is 0 Å². The largest absolute Gasteiger partial charge is 0.370 e. The number of nitrogens with one attached hydrogen (secondary N) is 1. The number of ether oxygens (including phenoxy) is 1. The molecule has 2 heteroatoms. The molecule has 0 aromatic heterocycles. The highest BCUT2D eigenvalue weighted by Crippen LogP contribution is 2.26. The van der Waals surface area contributed by atoms with Gasteiger partial charge in [0, 0.05) is 6.54 Å². The summed E-state index contributed by atoms with van der Waals surface area (Å²) in [5, 5.41) is 3.60. The first-order valence-electron chi connectivity index (χ1n) is 7.74. The summed E-state index contributed by atoms with van der Waals surface area (Å²) in [5.41, 5.74) is 3.94. The minimum Gasteiger partial charge on any atom is -0.370 e. The summed E-state index contributed by atoms with van der Waals surface area (Å²) in [6, 6.07) is 19.6. The van der Waals surface area contributed by atoms with Gasteiger partial charge in [-0.25, -0.2) is 0 Å². The molecule has 1 heterocycles. The van der Waals surface area contributed by atoms with Crippen molar-refractivity contribution in [2.45, 2.75) is 31.9 Å². The van der Waals surface area contributed by atoms with Crippen LogP contribution in [0.2, 0.25) is 0 Å². The fourth-order valence-electron chi connectivity index (χ4n) is 2.79. The highest BCUT2D eigenvalue weighted by atomic mass is 16.5. The van der Waals surface area contributed by atoms with Gasteiger partial charge in [-0.1, -0.05) is 68.4 Å². The Bertz CT molecular complexity index is 554. The molecule has 2 aromatic carbocycles. The summed E-state index contributed by atoms with van der Waals surface area (Å²) < 4.78 is 6.07. The number of benzene rings is 2. The lowest BCUT2D eigenvalue weighted by Gasteiger charge is -2.31. The van der Waals surface area contributed by atoms with E-state index in [-0.39, 0.29) is 6.10 Å². The summed E-state index contributed by atoms with van der Waals surface area (Å²) in [6.45, 7) is 6.03. The van der Waals surface area contributed by atoms with Crippen molar-refractivity contribution >= 4 is 0 Å². The first-order chi connectivity index (χ1) is 10.2. The van der Waals surface area contributed by atoms with Crippen LogP contribution in [-0.2, 0) is 4.74 Å². The van der Waals surface area contributed by atoms with Crippen molar-refractivity contribution in [3.05, 3.63) is 71.3 Å². The van der Waals surface area contributed by atoms with Gasteiger partial charge in [-0.3, -0.25) is 0 Å². The Hall–Kier alpha value is -1.64. The quantitative estimate of drug-likeness (QED) is 0.910. The molecule has 2 atom stereocenters. The van der Waals surface area contributed by atoms with Crippen molar-refractivity contribution in [3.8, 4) is 0 Å². The zero-order valence-electron chi connectivity index (χ0n) is 12.8. The minimum absolute atomic E-state index is 0.158. The number of morpholine rings is 1. The van der Waals surface area contributed by atoms with Crippen molar-refractivity contribution in [1.82, 2.24) is 5.32 Å². The van der Waals surface area contributed by atoms with Crippen LogP contribution in [0.5, 0.6) is 0 Å². The molecule has 3 rings (SSSR count). The molecule has 2 aromatic rings. The van der Waals surface area contributed by atoms with Crippen LogP contribution in [0, 0.1) is 0 Å². The molecule has 0 saturated carbocycles. The van der Waals surface area contributed by atoms with Crippen molar-refractivity contribution in [3.63, 3.8) is 0 Å². The third-order valence-electron chi connectivity index (χ3n) is 4.19. The molecule has 2 nitrogen and oxygen atoms in total. The van der Waals surface area contributed by atoms with Gasteiger partial charge in [-0.15, -0.1) is 0 Å². The minimum atomic E-state index is 0.158. The Morgan fingerprint density at radius 2 is 1.67 bits per heavy atom. The number of hydrogen-bond donors (Lipinski definition) is 1. The van der Waals surface area contributed by atoms with E-state index in [1.54, 1.807) is 0 Å². The lowest BCUT2D eigenvalue weighted by atomic mass is 9.99. The Balaban J connectivity index is 1.63. The van der Waals surface area contributed by atoms with Crippen molar-refractivity contribution in [1.29, 1.82) is 0 Å². The number of hydrogen-bond acceptors (Lipinski definition) is 2. The highest BCUT2D eigenvalue weighted by Gasteiger charge is 2.23. The Labute approximate surface area is 127 Å². The van der Waals surface area contributed by atoms with E-state index in [1.807, 2.05) is 6.07 Å². The predicted molar refractivity (Wildman–Crippen MR) is 86.4 cm³/mol. The van der Waals surface area contributed by atoms with Gasteiger partial charge in [0.1, 0.15) is 0 Å². The molecule has 2 unspecified atom stereocenters. The van der Waals surface area contributed by atoms with E-state index in [4.69, 9.17) is 4.74 Å². The topological polar surface area (TPSA) is 21.3 Å². The normalized spacial score (nSPS) is 22.4. The zero-order chi connectivity index (χ0) is 14.7. The van der Waals surface area contributed by atoms with Crippen LogP contribution in [0.25, 0.3) is 0 Å². The maximum Gasteiger partial charge on any atom is 0.0950 e. The molecule has 1 saturated heterocycles. The molecule has 21 heavy (non-hydrogen) atoms. The molecular weight excluding hydrogens is 258 g/mol. The molecule has 1 fully saturated rings. The van der Waals surface area contributed by atoms with Gasteiger partial charge in [0.05, 0.1) is 18.8 Å². The van der Waals surface area contributed by atoms with Crippen molar-refractivity contribution in [2.24, 2.45) is 0 Å².